The van der Waals surface area contributed by atoms with Crippen LogP contribution >= 0.6 is 11.6 Å². The van der Waals surface area contributed by atoms with Crippen molar-refractivity contribution < 1.29 is 19.1 Å². The molecular formula is C19H14ClNO4. The number of nitrogens with zero attached hydrogens (tertiary/aromatic N) is 1. The van der Waals surface area contributed by atoms with Crippen molar-refractivity contribution in [1.29, 1.82) is 0 Å². The lowest BCUT2D eigenvalue weighted by atomic mass is 10.1. The number of fused-ring (bicyclic) bond motifs is 1. The number of imide groups is 1. The van der Waals surface area contributed by atoms with Crippen LogP contribution in [0.3, 0.4) is 0 Å². The number of hydrogen-bond acceptors (Lipinski definition) is 4. The highest BCUT2D eigenvalue weighted by molar-refractivity contribution is 6.29. The van der Waals surface area contributed by atoms with Gasteiger partial charge in [-0.15, -0.1) is 0 Å². The molecule has 5 nitrogen and oxygen atoms in total. The van der Waals surface area contributed by atoms with Crippen molar-refractivity contribution in [3.05, 3.63) is 82.4 Å². The number of amides is 2. The molecule has 0 fully saturated rings. The summed E-state index contributed by atoms with van der Waals surface area (Å²) in [7, 11) is 0. The Morgan fingerprint density at radius 3 is 2.08 bits per heavy atom. The van der Waals surface area contributed by atoms with Crippen LogP contribution < -0.4 is 0 Å². The molecule has 2 aromatic carbocycles. The summed E-state index contributed by atoms with van der Waals surface area (Å²) in [4.78, 5) is 37.7. The SMILES string of the molecule is C=C(Cl)COC(=O)c1ccc(CN2C(=O)c3ccccc3C2=O)cc1. The molecule has 0 atom stereocenters. The fourth-order valence-corrected chi connectivity index (χ4v) is 2.59. The van der Waals surface area contributed by atoms with E-state index in [2.05, 4.69) is 6.58 Å². The third kappa shape index (κ3) is 3.46. The van der Waals surface area contributed by atoms with Crippen molar-refractivity contribution in [3.8, 4) is 0 Å². The molecule has 6 heteroatoms. The van der Waals surface area contributed by atoms with Crippen molar-refractivity contribution in [2.45, 2.75) is 6.54 Å². The summed E-state index contributed by atoms with van der Waals surface area (Å²) >= 11 is 5.55. The van der Waals surface area contributed by atoms with Crippen LogP contribution in [0.25, 0.3) is 0 Å². The van der Waals surface area contributed by atoms with E-state index in [4.69, 9.17) is 16.3 Å². The van der Waals surface area contributed by atoms with Gasteiger partial charge in [0.25, 0.3) is 11.8 Å². The Kier molecular flexibility index (Phi) is 4.67. The molecule has 1 heterocycles. The van der Waals surface area contributed by atoms with Crippen LogP contribution in [0.15, 0.2) is 60.1 Å². The molecule has 1 aliphatic heterocycles. The first kappa shape index (κ1) is 16.9. The Balaban J connectivity index is 1.70. The molecule has 0 aliphatic carbocycles. The largest absolute Gasteiger partial charge is 0.456 e. The number of rotatable bonds is 5. The van der Waals surface area contributed by atoms with E-state index in [-0.39, 0.29) is 30.0 Å². The summed E-state index contributed by atoms with van der Waals surface area (Å²) in [5.41, 5.74) is 1.90. The summed E-state index contributed by atoms with van der Waals surface area (Å²) in [6, 6.07) is 13.2. The van der Waals surface area contributed by atoms with E-state index in [9.17, 15) is 14.4 Å². The number of benzene rings is 2. The average Bonchev–Trinajstić information content (AvgIpc) is 2.85. The zero-order valence-electron chi connectivity index (χ0n) is 13.2. The van der Waals surface area contributed by atoms with Gasteiger partial charge in [-0.3, -0.25) is 14.5 Å². The monoisotopic (exact) mass is 355 g/mol. The average molecular weight is 356 g/mol. The fraction of sp³-hybridized carbons (Fsp3) is 0.105. The number of ether oxygens (including phenoxy) is 1. The second-order valence-corrected chi connectivity index (χ2v) is 6.07. The molecule has 0 N–H and O–H groups in total. The van der Waals surface area contributed by atoms with Gasteiger partial charge in [-0.05, 0) is 29.8 Å². The van der Waals surface area contributed by atoms with Gasteiger partial charge >= 0.3 is 5.97 Å². The van der Waals surface area contributed by atoms with E-state index < -0.39 is 5.97 Å². The van der Waals surface area contributed by atoms with E-state index in [0.717, 1.165) is 5.56 Å². The lowest BCUT2D eigenvalue weighted by molar-refractivity contribution is 0.0544. The first-order chi connectivity index (χ1) is 12.0. The van der Waals surface area contributed by atoms with Gasteiger partial charge in [0.05, 0.1) is 23.2 Å². The normalized spacial score (nSPS) is 12.9. The van der Waals surface area contributed by atoms with Gasteiger partial charge in [0.15, 0.2) is 0 Å². The molecule has 0 aromatic heterocycles. The molecule has 0 unspecified atom stereocenters. The molecular weight excluding hydrogens is 342 g/mol. The minimum Gasteiger partial charge on any atom is -0.456 e. The highest BCUT2D eigenvalue weighted by Gasteiger charge is 2.34. The van der Waals surface area contributed by atoms with Gasteiger partial charge in [-0.1, -0.05) is 42.4 Å². The van der Waals surface area contributed by atoms with Crippen molar-refractivity contribution in [1.82, 2.24) is 4.90 Å². The highest BCUT2D eigenvalue weighted by Crippen LogP contribution is 2.24. The van der Waals surface area contributed by atoms with E-state index in [1.54, 1.807) is 48.5 Å². The van der Waals surface area contributed by atoms with E-state index in [0.29, 0.717) is 16.7 Å². The second kappa shape index (κ2) is 6.91. The maximum absolute atomic E-state index is 12.3. The van der Waals surface area contributed by atoms with Crippen molar-refractivity contribution >= 4 is 29.4 Å². The quantitative estimate of drug-likeness (QED) is 0.609. The first-order valence-electron chi connectivity index (χ1n) is 7.52. The van der Waals surface area contributed by atoms with Crippen molar-refractivity contribution in [2.24, 2.45) is 0 Å². The van der Waals surface area contributed by atoms with E-state index in [1.807, 2.05) is 0 Å². The Morgan fingerprint density at radius 2 is 1.56 bits per heavy atom. The van der Waals surface area contributed by atoms with Crippen LogP contribution in [0, 0.1) is 0 Å². The number of carbonyl (C=O) groups is 3. The molecule has 3 rings (SSSR count). The predicted octanol–water partition coefficient (Wildman–Crippen LogP) is 3.39. The standard InChI is InChI=1S/C19H14ClNO4/c1-12(20)11-25-19(24)14-8-6-13(7-9-14)10-21-17(22)15-4-2-3-5-16(15)18(21)23/h2-9H,1,10-11H2. The molecule has 126 valence electrons. The Bertz CT molecular complexity index is 838. The summed E-state index contributed by atoms with van der Waals surface area (Å²) in [5.74, 6) is -1.15. The molecule has 0 saturated heterocycles. The Hall–Kier alpha value is -2.92. The van der Waals surface area contributed by atoms with Gasteiger partial charge in [0, 0.05) is 5.03 Å². The summed E-state index contributed by atoms with van der Waals surface area (Å²) in [6.45, 7) is 3.52. The second-order valence-electron chi connectivity index (χ2n) is 5.53. The third-order valence-corrected chi connectivity index (χ3v) is 3.88. The Morgan fingerprint density at radius 1 is 1.00 bits per heavy atom. The Labute approximate surface area is 149 Å². The van der Waals surface area contributed by atoms with Gasteiger partial charge in [0.1, 0.15) is 6.61 Å². The van der Waals surface area contributed by atoms with Gasteiger partial charge in [-0.2, -0.15) is 0 Å². The smallest absolute Gasteiger partial charge is 0.338 e. The summed E-state index contributed by atoms with van der Waals surface area (Å²) < 4.78 is 4.95. The van der Waals surface area contributed by atoms with Crippen LogP contribution in [0.5, 0.6) is 0 Å². The zero-order valence-corrected chi connectivity index (χ0v) is 14.0. The van der Waals surface area contributed by atoms with E-state index in [1.165, 1.54) is 4.90 Å². The molecule has 0 spiro atoms. The van der Waals surface area contributed by atoms with Crippen LogP contribution in [0.1, 0.15) is 36.6 Å². The lowest BCUT2D eigenvalue weighted by Gasteiger charge is -2.14. The number of carbonyl (C=O) groups excluding carboxylic acids is 3. The van der Waals surface area contributed by atoms with Gasteiger partial charge in [-0.25, -0.2) is 4.79 Å². The minimum atomic E-state index is -0.519. The molecule has 2 amide bonds. The zero-order chi connectivity index (χ0) is 18.0. The highest BCUT2D eigenvalue weighted by atomic mass is 35.5. The maximum Gasteiger partial charge on any atom is 0.338 e. The van der Waals surface area contributed by atoms with Crippen molar-refractivity contribution in [3.63, 3.8) is 0 Å². The first-order valence-corrected chi connectivity index (χ1v) is 7.89. The minimum absolute atomic E-state index is 0.0584. The van der Waals surface area contributed by atoms with Gasteiger partial charge < -0.3 is 4.74 Å². The summed E-state index contributed by atoms with van der Waals surface area (Å²) in [5, 5.41) is 0.232. The predicted molar refractivity (Wildman–Crippen MR) is 92.4 cm³/mol. The van der Waals surface area contributed by atoms with Crippen LogP contribution in [-0.4, -0.2) is 29.3 Å². The summed E-state index contributed by atoms with van der Waals surface area (Å²) in [6.07, 6.45) is 0. The lowest BCUT2D eigenvalue weighted by Crippen LogP contribution is -2.29. The number of halogens is 1. The molecule has 1 aliphatic rings. The topological polar surface area (TPSA) is 63.7 Å². The number of hydrogen-bond donors (Lipinski definition) is 0. The van der Waals surface area contributed by atoms with Crippen LogP contribution in [-0.2, 0) is 11.3 Å². The van der Waals surface area contributed by atoms with E-state index >= 15 is 0 Å². The molecule has 0 saturated carbocycles. The molecule has 25 heavy (non-hydrogen) atoms. The molecule has 0 radical (unpaired) electrons. The third-order valence-electron chi connectivity index (χ3n) is 3.77. The fourth-order valence-electron chi connectivity index (χ4n) is 2.54. The molecule has 2 aromatic rings. The van der Waals surface area contributed by atoms with Crippen LogP contribution in [0.4, 0.5) is 0 Å². The molecule has 0 bridgehead atoms. The van der Waals surface area contributed by atoms with Gasteiger partial charge in [0.2, 0.25) is 0 Å². The maximum atomic E-state index is 12.3. The van der Waals surface area contributed by atoms with Crippen molar-refractivity contribution in [2.75, 3.05) is 6.61 Å². The van der Waals surface area contributed by atoms with Crippen LogP contribution in [0.2, 0.25) is 0 Å². The number of esters is 1.